The summed E-state index contributed by atoms with van der Waals surface area (Å²) < 4.78 is 0. The Hall–Kier alpha value is -2.64. The highest BCUT2D eigenvalue weighted by molar-refractivity contribution is 6.30. The van der Waals surface area contributed by atoms with Crippen LogP contribution in [0.4, 0.5) is 11.5 Å². The molecule has 2 heterocycles. The molecule has 1 aromatic carbocycles. The number of hydrogen-bond donors (Lipinski definition) is 3. The third-order valence-electron chi connectivity index (χ3n) is 5.13. The number of halogens is 1. The van der Waals surface area contributed by atoms with Crippen LogP contribution in [-0.4, -0.2) is 45.9 Å². The first-order valence-electron chi connectivity index (χ1n) is 9.65. The summed E-state index contributed by atoms with van der Waals surface area (Å²) in [5, 5.41) is 16.1. The zero-order valence-electron chi connectivity index (χ0n) is 16.5. The lowest BCUT2D eigenvalue weighted by molar-refractivity contribution is -0.121. The number of nitrogens with zero attached hydrogens (tertiary/aromatic N) is 2. The number of phenolic OH excluding ortho intramolecular Hbond substituents is 1. The van der Waals surface area contributed by atoms with Gasteiger partial charge in [0, 0.05) is 18.2 Å². The van der Waals surface area contributed by atoms with E-state index in [1.807, 2.05) is 0 Å². The van der Waals surface area contributed by atoms with E-state index in [0.29, 0.717) is 16.9 Å². The average Bonchev–Trinajstić information content (AvgIpc) is 2.71. The first-order valence-corrected chi connectivity index (χ1v) is 10.0. The van der Waals surface area contributed by atoms with Gasteiger partial charge in [0.25, 0.3) is 5.91 Å². The van der Waals surface area contributed by atoms with Crippen molar-refractivity contribution in [2.45, 2.75) is 32.7 Å². The molecule has 0 unspecified atom stereocenters. The minimum atomic E-state index is -0.486. The predicted octanol–water partition coefficient (Wildman–Crippen LogP) is 3.75. The first kappa shape index (κ1) is 21.1. The number of pyridine rings is 1. The van der Waals surface area contributed by atoms with Crippen LogP contribution >= 0.6 is 11.6 Å². The maximum absolute atomic E-state index is 12.8. The molecule has 29 heavy (non-hydrogen) atoms. The Bertz CT molecular complexity index is 878. The highest BCUT2D eigenvalue weighted by Gasteiger charge is 2.27. The number of anilines is 2. The van der Waals surface area contributed by atoms with E-state index in [0.717, 1.165) is 25.9 Å². The molecule has 0 atom stereocenters. The predicted molar refractivity (Wildman–Crippen MR) is 113 cm³/mol. The third kappa shape index (κ3) is 5.25. The number of hydrogen-bond acceptors (Lipinski definition) is 5. The SMILES string of the molecule is CC(C)N1CCC(C(=O)Nc2c(O)cccc2C(=O)Nc2ccc(Cl)cn2)CC1. The summed E-state index contributed by atoms with van der Waals surface area (Å²) in [6.45, 7) is 5.99. The summed E-state index contributed by atoms with van der Waals surface area (Å²) >= 11 is 5.81. The summed E-state index contributed by atoms with van der Waals surface area (Å²) in [4.78, 5) is 31.8. The lowest BCUT2D eigenvalue weighted by Crippen LogP contribution is -2.41. The maximum Gasteiger partial charge on any atom is 0.259 e. The Balaban J connectivity index is 1.72. The number of rotatable bonds is 5. The summed E-state index contributed by atoms with van der Waals surface area (Å²) in [5.74, 6) is -0.663. The number of aromatic nitrogens is 1. The molecule has 0 radical (unpaired) electrons. The Kier molecular flexibility index (Phi) is 6.71. The first-order chi connectivity index (χ1) is 13.8. The molecule has 2 amide bonds. The quantitative estimate of drug-likeness (QED) is 0.645. The Morgan fingerprint density at radius 3 is 2.52 bits per heavy atom. The van der Waals surface area contributed by atoms with E-state index in [4.69, 9.17) is 11.6 Å². The molecule has 1 fully saturated rings. The summed E-state index contributed by atoms with van der Waals surface area (Å²) in [7, 11) is 0. The molecule has 1 saturated heterocycles. The van der Waals surface area contributed by atoms with Crippen molar-refractivity contribution in [2.24, 2.45) is 5.92 Å². The van der Waals surface area contributed by atoms with Gasteiger partial charge in [0.15, 0.2) is 0 Å². The van der Waals surface area contributed by atoms with Gasteiger partial charge in [-0.05, 0) is 64.0 Å². The normalized spacial score (nSPS) is 15.3. The number of para-hydroxylation sites is 1. The third-order valence-corrected chi connectivity index (χ3v) is 5.36. The fourth-order valence-electron chi connectivity index (χ4n) is 3.40. The lowest BCUT2D eigenvalue weighted by Gasteiger charge is -2.34. The lowest BCUT2D eigenvalue weighted by atomic mass is 9.95. The second-order valence-electron chi connectivity index (χ2n) is 7.41. The Morgan fingerprint density at radius 2 is 1.90 bits per heavy atom. The molecule has 7 nitrogen and oxygen atoms in total. The van der Waals surface area contributed by atoms with Gasteiger partial charge < -0.3 is 20.6 Å². The van der Waals surface area contributed by atoms with Crippen LogP contribution in [0.5, 0.6) is 5.75 Å². The molecule has 0 aliphatic carbocycles. The molecule has 8 heteroatoms. The van der Waals surface area contributed by atoms with Crippen LogP contribution in [-0.2, 0) is 4.79 Å². The van der Waals surface area contributed by atoms with Crippen molar-refractivity contribution < 1.29 is 14.7 Å². The molecule has 0 bridgehead atoms. The van der Waals surface area contributed by atoms with Crippen molar-refractivity contribution in [2.75, 3.05) is 23.7 Å². The minimum Gasteiger partial charge on any atom is -0.506 e. The standard InChI is InChI=1S/C21H25ClN4O3/c1-13(2)26-10-8-14(9-11-26)20(28)25-19-16(4-3-5-17(19)27)21(29)24-18-7-6-15(22)12-23-18/h3-7,12-14,27H,8-11H2,1-2H3,(H,25,28)(H,23,24,29). The second kappa shape index (κ2) is 9.24. The van der Waals surface area contributed by atoms with E-state index < -0.39 is 5.91 Å². The topological polar surface area (TPSA) is 94.6 Å². The number of carbonyl (C=O) groups is 2. The van der Waals surface area contributed by atoms with Crippen LogP contribution in [0.1, 0.15) is 37.0 Å². The van der Waals surface area contributed by atoms with Gasteiger partial charge >= 0.3 is 0 Å². The van der Waals surface area contributed by atoms with E-state index in [1.165, 1.54) is 12.3 Å². The van der Waals surface area contributed by atoms with E-state index in [1.54, 1.807) is 24.3 Å². The monoisotopic (exact) mass is 416 g/mol. The van der Waals surface area contributed by atoms with E-state index in [9.17, 15) is 14.7 Å². The zero-order valence-corrected chi connectivity index (χ0v) is 17.2. The molecule has 2 aromatic rings. The highest BCUT2D eigenvalue weighted by atomic mass is 35.5. The number of carbonyl (C=O) groups excluding carboxylic acids is 2. The van der Waals surface area contributed by atoms with Crippen molar-refractivity contribution >= 4 is 34.9 Å². The van der Waals surface area contributed by atoms with Crippen molar-refractivity contribution in [3.8, 4) is 5.75 Å². The van der Waals surface area contributed by atoms with Crippen molar-refractivity contribution in [1.82, 2.24) is 9.88 Å². The molecule has 3 rings (SSSR count). The van der Waals surface area contributed by atoms with Crippen LogP contribution < -0.4 is 10.6 Å². The molecule has 3 N–H and O–H groups in total. The highest BCUT2D eigenvalue weighted by Crippen LogP contribution is 2.30. The minimum absolute atomic E-state index is 0.107. The second-order valence-corrected chi connectivity index (χ2v) is 7.85. The molecule has 1 aliphatic rings. The number of phenols is 1. The van der Waals surface area contributed by atoms with E-state index >= 15 is 0 Å². The van der Waals surface area contributed by atoms with Gasteiger partial charge in [-0.15, -0.1) is 0 Å². The Labute approximate surface area is 175 Å². The van der Waals surface area contributed by atoms with Gasteiger partial charge in [0.2, 0.25) is 5.91 Å². The van der Waals surface area contributed by atoms with Crippen LogP contribution in [0, 0.1) is 5.92 Å². The summed E-state index contributed by atoms with van der Waals surface area (Å²) in [5.41, 5.74) is 0.268. The van der Waals surface area contributed by atoms with Gasteiger partial charge in [-0.25, -0.2) is 4.98 Å². The van der Waals surface area contributed by atoms with Gasteiger partial charge in [-0.3, -0.25) is 9.59 Å². The number of nitrogens with one attached hydrogen (secondary N) is 2. The van der Waals surface area contributed by atoms with Gasteiger partial charge in [0.1, 0.15) is 11.6 Å². The number of piperidine rings is 1. The van der Waals surface area contributed by atoms with Gasteiger partial charge in [-0.2, -0.15) is 0 Å². The fourth-order valence-corrected chi connectivity index (χ4v) is 3.51. The fraction of sp³-hybridized carbons (Fsp3) is 0.381. The molecule has 0 spiro atoms. The average molecular weight is 417 g/mol. The number of amides is 2. The number of aromatic hydroxyl groups is 1. The largest absolute Gasteiger partial charge is 0.506 e. The number of benzene rings is 1. The smallest absolute Gasteiger partial charge is 0.259 e. The van der Waals surface area contributed by atoms with Gasteiger partial charge in [-0.1, -0.05) is 17.7 Å². The molecular weight excluding hydrogens is 392 g/mol. The van der Waals surface area contributed by atoms with Crippen LogP contribution in [0.2, 0.25) is 5.02 Å². The Morgan fingerprint density at radius 1 is 1.17 bits per heavy atom. The molecule has 154 valence electrons. The molecule has 0 saturated carbocycles. The van der Waals surface area contributed by atoms with E-state index in [2.05, 4.69) is 34.4 Å². The molecule has 1 aromatic heterocycles. The summed E-state index contributed by atoms with van der Waals surface area (Å²) in [6.07, 6.45) is 2.91. The van der Waals surface area contributed by atoms with Crippen LogP contribution in [0.15, 0.2) is 36.5 Å². The van der Waals surface area contributed by atoms with Crippen molar-refractivity contribution in [1.29, 1.82) is 0 Å². The summed E-state index contributed by atoms with van der Waals surface area (Å²) in [6, 6.07) is 8.17. The van der Waals surface area contributed by atoms with Crippen LogP contribution in [0.3, 0.4) is 0 Å². The van der Waals surface area contributed by atoms with E-state index in [-0.39, 0.29) is 28.8 Å². The maximum atomic E-state index is 12.8. The molecular formula is C21H25ClN4O3. The number of likely N-dealkylation sites (tertiary alicyclic amines) is 1. The van der Waals surface area contributed by atoms with Gasteiger partial charge in [0.05, 0.1) is 16.3 Å². The zero-order chi connectivity index (χ0) is 21.0. The van der Waals surface area contributed by atoms with Crippen LogP contribution in [0.25, 0.3) is 0 Å². The van der Waals surface area contributed by atoms with Crippen molar-refractivity contribution in [3.63, 3.8) is 0 Å². The van der Waals surface area contributed by atoms with Crippen molar-refractivity contribution in [3.05, 3.63) is 47.1 Å². The molecule has 1 aliphatic heterocycles.